The zero-order chi connectivity index (χ0) is 31.2. The Morgan fingerprint density at radius 2 is 1.58 bits per heavy atom. The van der Waals surface area contributed by atoms with E-state index >= 15 is 0 Å². The number of ether oxygens (including phenoxy) is 1. The quantitative estimate of drug-likeness (QED) is 0.166. The topological polar surface area (TPSA) is 61.9 Å². The van der Waals surface area contributed by atoms with E-state index < -0.39 is 5.92 Å². The maximum atomic E-state index is 14.8. The van der Waals surface area contributed by atoms with Crippen LogP contribution < -0.4 is 15.0 Å². The summed E-state index contributed by atoms with van der Waals surface area (Å²) in [4.78, 5) is 31.1. The maximum absolute atomic E-state index is 14.8. The number of hydrogen-bond acceptors (Lipinski definition) is 4. The van der Waals surface area contributed by atoms with Crippen molar-refractivity contribution in [3.63, 3.8) is 0 Å². The molecule has 1 aliphatic carbocycles. The van der Waals surface area contributed by atoms with E-state index in [4.69, 9.17) is 4.74 Å². The largest absolute Gasteiger partial charge is 0.457 e. The summed E-state index contributed by atoms with van der Waals surface area (Å²) < 4.78 is 6.49. The van der Waals surface area contributed by atoms with Crippen LogP contribution in [0.25, 0.3) is 22.3 Å². The van der Waals surface area contributed by atoms with Crippen LogP contribution in [-0.2, 0) is 9.59 Å². The van der Waals surface area contributed by atoms with Crippen LogP contribution in [-0.4, -0.2) is 43.0 Å². The number of anilines is 1. The van der Waals surface area contributed by atoms with Crippen molar-refractivity contribution >= 4 is 18.0 Å². The molecule has 2 atom stereocenters. The molecule has 232 valence electrons. The van der Waals surface area contributed by atoms with Gasteiger partial charge in [-0.3, -0.25) is 9.59 Å². The van der Waals surface area contributed by atoms with Gasteiger partial charge < -0.3 is 19.9 Å². The smallest absolute Gasteiger partial charge is 0.234 e. The lowest BCUT2D eigenvalue weighted by Crippen LogP contribution is -2.49. The van der Waals surface area contributed by atoms with Gasteiger partial charge in [0, 0.05) is 36.3 Å². The number of para-hydroxylation sites is 2. The standard InChI is InChI=1S/C39H43N3O3/c1-3-5-25-41(24-4-2)39(44)37-31-19-10-9-17-29(31)32-22-23-33(38(36(32)37)42-26-14-13-21-35(42)40-27-43)30-18-11-12-20-34(30)45-28-15-7-6-8-16-28/h6-12,15-20,22-23,27,35,37H,3-5,13-14,21,24-26H2,1-2H3,(H,40,43). The van der Waals surface area contributed by atoms with Crippen molar-refractivity contribution in [2.24, 2.45) is 0 Å². The molecule has 2 unspecified atom stereocenters. The molecule has 4 aromatic rings. The molecule has 0 bridgehead atoms. The van der Waals surface area contributed by atoms with E-state index in [9.17, 15) is 9.59 Å². The molecule has 0 radical (unpaired) electrons. The molecule has 6 heteroatoms. The van der Waals surface area contributed by atoms with Gasteiger partial charge in [0.25, 0.3) is 0 Å². The monoisotopic (exact) mass is 601 g/mol. The van der Waals surface area contributed by atoms with Crippen LogP contribution in [0.5, 0.6) is 11.5 Å². The zero-order valence-corrected chi connectivity index (χ0v) is 26.4. The number of nitrogens with zero attached hydrogens (tertiary/aromatic N) is 2. The van der Waals surface area contributed by atoms with Gasteiger partial charge in [-0.05, 0) is 67.0 Å². The van der Waals surface area contributed by atoms with Crippen LogP contribution in [0, 0.1) is 0 Å². The summed E-state index contributed by atoms with van der Waals surface area (Å²) in [5.41, 5.74) is 7.25. The van der Waals surface area contributed by atoms with Gasteiger partial charge in [0.05, 0.1) is 11.6 Å². The van der Waals surface area contributed by atoms with Crippen LogP contribution in [0.4, 0.5) is 5.69 Å². The predicted molar refractivity (Wildman–Crippen MR) is 182 cm³/mol. The van der Waals surface area contributed by atoms with Gasteiger partial charge in [0.2, 0.25) is 12.3 Å². The average Bonchev–Trinajstić information content (AvgIpc) is 3.42. The molecule has 0 spiro atoms. The lowest BCUT2D eigenvalue weighted by molar-refractivity contribution is -0.132. The van der Waals surface area contributed by atoms with Crippen molar-refractivity contribution < 1.29 is 14.3 Å². The van der Waals surface area contributed by atoms with E-state index in [0.717, 1.165) is 115 Å². The Bertz CT molecular complexity index is 1640. The van der Waals surface area contributed by atoms with Crippen molar-refractivity contribution in [3.8, 4) is 33.8 Å². The van der Waals surface area contributed by atoms with E-state index in [1.807, 2.05) is 54.6 Å². The number of rotatable bonds is 12. The molecule has 2 amide bonds. The van der Waals surface area contributed by atoms with E-state index in [1.54, 1.807) is 0 Å². The normalized spacial score (nSPS) is 16.9. The third-order valence-corrected chi connectivity index (χ3v) is 9.10. The number of amides is 2. The Morgan fingerprint density at radius 1 is 0.844 bits per heavy atom. The molecule has 6 rings (SSSR count). The van der Waals surface area contributed by atoms with Gasteiger partial charge in [-0.1, -0.05) is 93.1 Å². The lowest BCUT2D eigenvalue weighted by atomic mass is 9.88. The Hall–Kier alpha value is -4.58. The minimum absolute atomic E-state index is 0.153. The Balaban J connectivity index is 1.59. The van der Waals surface area contributed by atoms with E-state index in [1.165, 1.54) is 0 Å². The first-order valence-corrected chi connectivity index (χ1v) is 16.5. The fraction of sp³-hybridized carbons (Fsp3) is 0.333. The second kappa shape index (κ2) is 14.0. The molecule has 2 aliphatic rings. The van der Waals surface area contributed by atoms with Crippen LogP contribution >= 0.6 is 0 Å². The maximum Gasteiger partial charge on any atom is 0.234 e. The second-order valence-electron chi connectivity index (χ2n) is 12.0. The highest BCUT2D eigenvalue weighted by molar-refractivity contribution is 6.02. The number of carbonyl (C=O) groups is 2. The van der Waals surface area contributed by atoms with Crippen LogP contribution in [0.3, 0.4) is 0 Å². The number of unbranched alkanes of at least 4 members (excludes halogenated alkanes) is 1. The first-order valence-electron chi connectivity index (χ1n) is 16.5. The number of nitrogens with one attached hydrogen (secondary N) is 1. The number of fused-ring (bicyclic) bond motifs is 3. The number of piperidine rings is 1. The third kappa shape index (κ3) is 6.06. The molecule has 1 aliphatic heterocycles. The second-order valence-corrected chi connectivity index (χ2v) is 12.0. The molecule has 1 heterocycles. The first-order chi connectivity index (χ1) is 22.2. The van der Waals surface area contributed by atoms with Crippen molar-refractivity contribution in [2.75, 3.05) is 24.5 Å². The molecule has 6 nitrogen and oxygen atoms in total. The van der Waals surface area contributed by atoms with Crippen LogP contribution in [0.2, 0.25) is 0 Å². The van der Waals surface area contributed by atoms with Gasteiger partial charge >= 0.3 is 0 Å². The summed E-state index contributed by atoms with van der Waals surface area (Å²) in [6.45, 7) is 6.57. The van der Waals surface area contributed by atoms with Crippen molar-refractivity contribution in [3.05, 3.63) is 102 Å². The molecule has 1 saturated heterocycles. The third-order valence-electron chi connectivity index (χ3n) is 9.10. The summed E-state index contributed by atoms with van der Waals surface area (Å²) in [5.74, 6) is 1.23. The molecule has 0 saturated carbocycles. The average molecular weight is 602 g/mol. The lowest BCUT2D eigenvalue weighted by Gasteiger charge is -2.40. The zero-order valence-electron chi connectivity index (χ0n) is 26.4. The molecule has 45 heavy (non-hydrogen) atoms. The minimum Gasteiger partial charge on any atom is -0.457 e. The fourth-order valence-electron chi connectivity index (χ4n) is 7.05. The van der Waals surface area contributed by atoms with Crippen molar-refractivity contribution in [1.29, 1.82) is 0 Å². The molecule has 1 N–H and O–H groups in total. The summed E-state index contributed by atoms with van der Waals surface area (Å²) in [6.07, 6.45) is 6.43. The highest BCUT2D eigenvalue weighted by Gasteiger charge is 2.41. The van der Waals surface area contributed by atoms with E-state index in [2.05, 4.69) is 65.4 Å². The summed E-state index contributed by atoms with van der Waals surface area (Å²) in [7, 11) is 0. The number of hydrogen-bond donors (Lipinski definition) is 1. The van der Waals surface area contributed by atoms with Crippen molar-refractivity contribution in [1.82, 2.24) is 10.2 Å². The van der Waals surface area contributed by atoms with Gasteiger partial charge in [0.1, 0.15) is 17.7 Å². The first kappa shape index (κ1) is 30.4. The van der Waals surface area contributed by atoms with Crippen LogP contribution in [0.15, 0.2) is 91.0 Å². The highest BCUT2D eigenvalue weighted by Crippen LogP contribution is 2.54. The Kier molecular flexibility index (Phi) is 9.49. The molecule has 1 fully saturated rings. The van der Waals surface area contributed by atoms with Crippen LogP contribution in [0.1, 0.15) is 69.4 Å². The molecular weight excluding hydrogens is 558 g/mol. The van der Waals surface area contributed by atoms with Crippen molar-refractivity contribution in [2.45, 2.75) is 64.5 Å². The Morgan fingerprint density at radius 3 is 2.36 bits per heavy atom. The van der Waals surface area contributed by atoms with Gasteiger partial charge in [-0.15, -0.1) is 0 Å². The molecular formula is C39H43N3O3. The molecule has 0 aromatic heterocycles. The summed E-state index contributed by atoms with van der Waals surface area (Å²) in [6, 6.07) is 30.7. The van der Waals surface area contributed by atoms with Gasteiger partial charge in [-0.2, -0.15) is 0 Å². The Labute approximate surface area is 267 Å². The predicted octanol–water partition coefficient (Wildman–Crippen LogP) is 8.36. The fourth-order valence-corrected chi connectivity index (χ4v) is 7.05. The van der Waals surface area contributed by atoms with E-state index in [0.29, 0.717) is 0 Å². The SMILES string of the molecule is CCCCN(CCC)C(=O)C1c2ccccc2-c2ccc(-c3ccccc3Oc3ccccc3)c(N3CCCCC3NC=O)c21. The highest BCUT2D eigenvalue weighted by atomic mass is 16.5. The minimum atomic E-state index is -0.435. The summed E-state index contributed by atoms with van der Waals surface area (Å²) >= 11 is 0. The van der Waals surface area contributed by atoms with E-state index in [-0.39, 0.29) is 12.1 Å². The van der Waals surface area contributed by atoms with Gasteiger partial charge in [-0.25, -0.2) is 0 Å². The van der Waals surface area contributed by atoms with Gasteiger partial charge in [0.15, 0.2) is 0 Å². The number of carbonyl (C=O) groups excluding carboxylic acids is 2. The molecule has 4 aromatic carbocycles. The summed E-state index contributed by atoms with van der Waals surface area (Å²) in [5, 5.41) is 3.11. The number of benzene rings is 4.